The summed E-state index contributed by atoms with van der Waals surface area (Å²) in [6.07, 6.45) is -2.98. The van der Waals surface area contributed by atoms with Gasteiger partial charge in [0.1, 0.15) is 12.3 Å². The Morgan fingerprint density at radius 2 is 2.14 bits per heavy atom. The number of hydrogen-bond acceptors (Lipinski definition) is 4. The number of aldehydes is 1. The van der Waals surface area contributed by atoms with E-state index < -0.39 is 23.8 Å². The first-order valence-corrected chi connectivity index (χ1v) is 6.97. The number of benzene rings is 1. The molecule has 0 radical (unpaired) electrons. The summed E-state index contributed by atoms with van der Waals surface area (Å²) < 4.78 is 43.7. The lowest BCUT2D eigenvalue weighted by atomic mass is 10.1. The van der Waals surface area contributed by atoms with Crippen LogP contribution in [0.15, 0.2) is 18.2 Å². The van der Waals surface area contributed by atoms with Crippen LogP contribution in [0.25, 0.3) is 0 Å². The summed E-state index contributed by atoms with van der Waals surface area (Å²) in [4.78, 5) is 24.4. The first kappa shape index (κ1) is 16.3. The van der Waals surface area contributed by atoms with Crippen molar-refractivity contribution in [3.63, 3.8) is 0 Å². The van der Waals surface area contributed by atoms with Crippen molar-refractivity contribution in [2.45, 2.75) is 32.0 Å². The van der Waals surface area contributed by atoms with Crippen molar-refractivity contribution in [3.05, 3.63) is 29.3 Å². The Labute approximate surface area is 125 Å². The zero-order valence-corrected chi connectivity index (χ0v) is 12.0. The van der Waals surface area contributed by atoms with E-state index in [-0.39, 0.29) is 17.9 Å². The maximum Gasteiger partial charge on any atom is 0.416 e. The SMILES string of the molecule is CCOC(=O)C1CCCN1c1cc(C=O)cc(C(F)(F)F)c1. The molecule has 120 valence electrons. The normalized spacial score (nSPS) is 18.4. The van der Waals surface area contributed by atoms with E-state index in [9.17, 15) is 22.8 Å². The topological polar surface area (TPSA) is 46.6 Å². The van der Waals surface area contributed by atoms with Crippen molar-refractivity contribution < 1.29 is 27.5 Å². The molecule has 1 aromatic rings. The summed E-state index contributed by atoms with van der Waals surface area (Å²) in [6, 6.07) is 2.51. The number of carbonyl (C=O) groups excluding carboxylic acids is 2. The maximum atomic E-state index is 12.9. The lowest BCUT2D eigenvalue weighted by molar-refractivity contribution is -0.144. The minimum atomic E-state index is -4.55. The molecule has 1 atom stereocenters. The van der Waals surface area contributed by atoms with Crippen LogP contribution in [0.4, 0.5) is 18.9 Å². The highest BCUT2D eigenvalue weighted by molar-refractivity contribution is 5.83. The van der Waals surface area contributed by atoms with E-state index in [1.165, 1.54) is 6.07 Å². The van der Waals surface area contributed by atoms with Gasteiger partial charge in [-0.15, -0.1) is 0 Å². The van der Waals surface area contributed by atoms with E-state index in [2.05, 4.69) is 0 Å². The smallest absolute Gasteiger partial charge is 0.416 e. The van der Waals surface area contributed by atoms with Crippen molar-refractivity contribution in [2.75, 3.05) is 18.1 Å². The molecule has 1 fully saturated rings. The number of carbonyl (C=O) groups is 2. The molecule has 0 aliphatic carbocycles. The van der Waals surface area contributed by atoms with Gasteiger partial charge in [0.05, 0.1) is 12.2 Å². The molecule has 1 unspecified atom stereocenters. The Bertz CT molecular complexity index is 572. The second-order valence-corrected chi connectivity index (χ2v) is 5.03. The molecule has 0 spiro atoms. The highest BCUT2D eigenvalue weighted by Gasteiger charge is 2.35. The zero-order valence-electron chi connectivity index (χ0n) is 12.0. The van der Waals surface area contributed by atoms with Crippen LogP contribution in [0, 0.1) is 0 Å². The van der Waals surface area contributed by atoms with Gasteiger partial charge in [-0.05, 0) is 38.0 Å². The van der Waals surface area contributed by atoms with Gasteiger partial charge in [-0.3, -0.25) is 4.79 Å². The summed E-state index contributed by atoms with van der Waals surface area (Å²) in [5.74, 6) is -0.454. The van der Waals surface area contributed by atoms with Crippen LogP contribution in [-0.4, -0.2) is 31.4 Å². The summed E-state index contributed by atoms with van der Waals surface area (Å²) in [5, 5.41) is 0. The molecule has 1 heterocycles. The van der Waals surface area contributed by atoms with E-state index in [1.54, 1.807) is 11.8 Å². The number of nitrogens with zero attached hydrogens (tertiary/aromatic N) is 1. The van der Waals surface area contributed by atoms with Gasteiger partial charge in [0, 0.05) is 17.8 Å². The second-order valence-electron chi connectivity index (χ2n) is 5.03. The number of hydrogen-bond donors (Lipinski definition) is 0. The minimum Gasteiger partial charge on any atom is -0.464 e. The third kappa shape index (κ3) is 3.40. The van der Waals surface area contributed by atoms with E-state index in [4.69, 9.17) is 4.74 Å². The van der Waals surface area contributed by atoms with Crippen molar-refractivity contribution in [3.8, 4) is 0 Å². The molecule has 22 heavy (non-hydrogen) atoms. The lowest BCUT2D eigenvalue weighted by Gasteiger charge is -2.26. The van der Waals surface area contributed by atoms with E-state index in [0.717, 1.165) is 12.1 Å². The third-order valence-electron chi connectivity index (χ3n) is 3.55. The molecule has 0 amide bonds. The largest absolute Gasteiger partial charge is 0.464 e. The van der Waals surface area contributed by atoms with Crippen LogP contribution in [0.1, 0.15) is 35.7 Å². The van der Waals surface area contributed by atoms with Gasteiger partial charge < -0.3 is 9.64 Å². The molecule has 2 rings (SSSR count). The molecular formula is C15H16F3NO3. The highest BCUT2D eigenvalue weighted by atomic mass is 19.4. The van der Waals surface area contributed by atoms with Gasteiger partial charge in [0.25, 0.3) is 0 Å². The number of alkyl halides is 3. The highest BCUT2D eigenvalue weighted by Crippen LogP contribution is 2.35. The third-order valence-corrected chi connectivity index (χ3v) is 3.55. The Morgan fingerprint density at radius 3 is 2.73 bits per heavy atom. The average Bonchev–Trinajstić information content (AvgIpc) is 2.95. The number of halogens is 3. The number of rotatable bonds is 4. The molecule has 0 bridgehead atoms. The van der Waals surface area contributed by atoms with Crippen molar-refractivity contribution in [2.24, 2.45) is 0 Å². The quantitative estimate of drug-likeness (QED) is 0.633. The molecule has 0 saturated carbocycles. The van der Waals surface area contributed by atoms with Crippen LogP contribution >= 0.6 is 0 Å². The fraction of sp³-hybridized carbons (Fsp3) is 0.467. The van der Waals surface area contributed by atoms with Crippen molar-refractivity contribution in [1.82, 2.24) is 0 Å². The number of anilines is 1. The lowest BCUT2D eigenvalue weighted by Crippen LogP contribution is -2.37. The van der Waals surface area contributed by atoms with Gasteiger partial charge in [0.15, 0.2) is 0 Å². The van der Waals surface area contributed by atoms with Crippen LogP contribution in [0.5, 0.6) is 0 Å². The average molecular weight is 315 g/mol. The maximum absolute atomic E-state index is 12.9. The summed E-state index contributed by atoms with van der Waals surface area (Å²) in [6.45, 7) is 2.33. The molecule has 1 aliphatic heterocycles. The van der Waals surface area contributed by atoms with Gasteiger partial charge in [0.2, 0.25) is 0 Å². The Morgan fingerprint density at radius 1 is 1.41 bits per heavy atom. The van der Waals surface area contributed by atoms with Crippen LogP contribution < -0.4 is 4.90 Å². The number of esters is 1. The predicted octanol–water partition coefficient (Wildman–Crippen LogP) is 3.05. The Kier molecular flexibility index (Phi) is 4.73. The fourth-order valence-corrected chi connectivity index (χ4v) is 2.59. The molecule has 0 aromatic heterocycles. The molecule has 1 aromatic carbocycles. The van der Waals surface area contributed by atoms with Crippen LogP contribution in [-0.2, 0) is 15.7 Å². The van der Waals surface area contributed by atoms with Gasteiger partial charge >= 0.3 is 12.1 Å². The zero-order chi connectivity index (χ0) is 16.3. The van der Waals surface area contributed by atoms with Gasteiger partial charge in [-0.25, -0.2) is 4.79 Å². The fourth-order valence-electron chi connectivity index (χ4n) is 2.59. The molecular weight excluding hydrogens is 299 g/mol. The summed E-state index contributed by atoms with van der Waals surface area (Å²) in [5.41, 5.74) is -0.756. The molecule has 1 saturated heterocycles. The standard InChI is InChI=1S/C15H16F3NO3/c1-2-22-14(21)13-4-3-5-19(13)12-7-10(9-20)6-11(8-12)15(16,17)18/h6-9,13H,2-5H2,1H3. The van der Waals surface area contributed by atoms with E-state index >= 15 is 0 Å². The van der Waals surface area contributed by atoms with Crippen LogP contribution in [0.3, 0.4) is 0 Å². The Hall–Kier alpha value is -2.05. The molecule has 1 aliphatic rings. The first-order chi connectivity index (χ1) is 10.4. The van der Waals surface area contributed by atoms with Crippen LogP contribution in [0.2, 0.25) is 0 Å². The monoisotopic (exact) mass is 315 g/mol. The first-order valence-electron chi connectivity index (χ1n) is 6.97. The Balaban J connectivity index is 2.38. The van der Waals surface area contributed by atoms with Crippen molar-refractivity contribution in [1.29, 1.82) is 0 Å². The number of ether oxygens (including phenoxy) is 1. The predicted molar refractivity (Wildman–Crippen MR) is 73.8 cm³/mol. The van der Waals surface area contributed by atoms with Crippen molar-refractivity contribution >= 4 is 17.9 Å². The minimum absolute atomic E-state index is 0.0701. The van der Waals surface area contributed by atoms with E-state index in [0.29, 0.717) is 25.7 Å². The van der Waals surface area contributed by atoms with Gasteiger partial charge in [-0.2, -0.15) is 13.2 Å². The summed E-state index contributed by atoms with van der Waals surface area (Å²) >= 11 is 0. The van der Waals surface area contributed by atoms with E-state index in [1.807, 2.05) is 0 Å². The summed E-state index contributed by atoms with van der Waals surface area (Å²) in [7, 11) is 0. The van der Waals surface area contributed by atoms with Gasteiger partial charge in [-0.1, -0.05) is 0 Å². The molecule has 4 nitrogen and oxygen atoms in total. The second kappa shape index (κ2) is 6.37. The molecule has 0 N–H and O–H groups in total. The molecule has 7 heteroatoms.